The number of hydrogen-bond donors (Lipinski definition) is 1. The fraction of sp³-hybridized carbons (Fsp3) is 0.733. The Kier molecular flexibility index (Phi) is 4.49. The second-order valence-electron chi connectivity index (χ2n) is 6.70. The van der Waals surface area contributed by atoms with Crippen LogP contribution in [0.4, 0.5) is 0 Å². The smallest absolute Gasteiger partial charge is 0.228 e. The molecule has 1 aromatic rings. The molecule has 1 saturated heterocycles. The molecule has 0 bridgehead atoms. The van der Waals surface area contributed by atoms with Crippen molar-refractivity contribution < 1.29 is 9.90 Å². The van der Waals surface area contributed by atoms with Gasteiger partial charge in [0.25, 0.3) is 0 Å². The van der Waals surface area contributed by atoms with Crippen LogP contribution in [0.15, 0.2) is 5.38 Å². The van der Waals surface area contributed by atoms with Crippen molar-refractivity contribution in [3.8, 4) is 0 Å². The van der Waals surface area contributed by atoms with Crippen LogP contribution in [0.25, 0.3) is 0 Å². The Morgan fingerprint density at radius 2 is 2.30 bits per heavy atom. The first-order valence-corrected chi connectivity index (χ1v) is 8.06. The summed E-state index contributed by atoms with van der Waals surface area (Å²) < 4.78 is 0. The fourth-order valence-corrected chi connectivity index (χ4v) is 3.31. The van der Waals surface area contributed by atoms with Gasteiger partial charge in [-0.15, -0.1) is 11.3 Å². The minimum atomic E-state index is -0.334. The molecule has 2 heterocycles. The van der Waals surface area contributed by atoms with Gasteiger partial charge in [0, 0.05) is 29.8 Å². The number of rotatable bonds is 3. The summed E-state index contributed by atoms with van der Waals surface area (Å²) in [7, 11) is 0. The number of nitrogens with zero attached hydrogens (tertiary/aromatic N) is 2. The van der Waals surface area contributed by atoms with Gasteiger partial charge < -0.3 is 10.0 Å². The largest absolute Gasteiger partial charge is 0.393 e. The summed E-state index contributed by atoms with van der Waals surface area (Å²) in [6.07, 6.45) is 0.937. The Balaban J connectivity index is 1.94. The molecule has 4 nitrogen and oxygen atoms in total. The molecule has 0 radical (unpaired) electrons. The van der Waals surface area contributed by atoms with Crippen LogP contribution in [-0.2, 0) is 16.6 Å². The van der Waals surface area contributed by atoms with Crippen molar-refractivity contribution in [1.82, 2.24) is 9.88 Å². The van der Waals surface area contributed by atoms with Crippen molar-refractivity contribution in [3.63, 3.8) is 0 Å². The number of carbonyl (C=O) groups is 1. The summed E-state index contributed by atoms with van der Waals surface area (Å²) in [4.78, 5) is 18.7. The second kappa shape index (κ2) is 5.82. The molecule has 2 unspecified atom stereocenters. The molecule has 0 aliphatic carbocycles. The zero-order valence-corrected chi connectivity index (χ0v) is 13.5. The number of carbonyl (C=O) groups excluding carboxylic acids is 1. The van der Waals surface area contributed by atoms with E-state index in [-0.39, 0.29) is 23.3 Å². The van der Waals surface area contributed by atoms with E-state index in [1.54, 1.807) is 18.3 Å². The lowest BCUT2D eigenvalue weighted by atomic mass is 9.98. The van der Waals surface area contributed by atoms with Gasteiger partial charge in [0.1, 0.15) is 0 Å². The molecule has 1 fully saturated rings. The van der Waals surface area contributed by atoms with E-state index in [9.17, 15) is 9.90 Å². The predicted molar refractivity (Wildman–Crippen MR) is 80.9 cm³/mol. The summed E-state index contributed by atoms with van der Waals surface area (Å²) >= 11 is 1.62. The maximum Gasteiger partial charge on any atom is 0.228 e. The molecule has 20 heavy (non-hydrogen) atoms. The molecule has 1 aromatic heterocycles. The molecule has 1 aliphatic heterocycles. The molecule has 2 rings (SSSR count). The molecular weight excluding hydrogens is 272 g/mol. The van der Waals surface area contributed by atoms with Gasteiger partial charge in [-0.1, -0.05) is 20.8 Å². The fourth-order valence-electron chi connectivity index (χ4n) is 2.41. The van der Waals surface area contributed by atoms with E-state index in [1.807, 2.05) is 10.3 Å². The van der Waals surface area contributed by atoms with Crippen LogP contribution in [0.5, 0.6) is 0 Å². The van der Waals surface area contributed by atoms with Crippen LogP contribution in [0.2, 0.25) is 0 Å². The molecule has 0 aromatic carbocycles. The van der Waals surface area contributed by atoms with Crippen LogP contribution in [0.3, 0.4) is 0 Å². The molecule has 1 aliphatic rings. The highest BCUT2D eigenvalue weighted by Gasteiger charge is 2.29. The Bertz CT molecular complexity index is 476. The highest BCUT2D eigenvalue weighted by Crippen LogP contribution is 2.26. The zero-order valence-electron chi connectivity index (χ0n) is 12.7. The van der Waals surface area contributed by atoms with Gasteiger partial charge in [-0.3, -0.25) is 4.79 Å². The lowest BCUT2D eigenvalue weighted by Gasteiger charge is -2.17. The van der Waals surface area contributed by atoms with E-state index < -0.39 is 0 Å². The topological polar surface area (TPSA) is 53.4 Å². The van der Waals surface area contributed by atoms with E-state index in [1.165, 1.54) is 0 Å². The first-order chi connectivity index (χ1) is 9.27. The van der Waals surface area contributed by atoms with Crippen molar-refractivity contribution in [1.29, 1.82) is 0 Å². The average Bonchev–Trinajstić information content (AvgIpc) is 2.95. The number of thiazole rings is 1. The van der Waals surface area contributed by atoms with Crippen LogP contribution >= 0.6 is 11.3 Å². The SMILES string of the molecule is CC(O)C1CCN(C(=O)Cc2csc(C(C)(C)C)n2)C1. The number of aliphatic hydroxyl groups excluding tert-OH is 1. The van der Waals surface area contributed by atoms with Gasteiger partial charge in [0.15, 0.2) is 0 Å². The number of aromatic nitrogens is 1. The second-order valence-corrected chi connectivity index (χ2v) is 7.56. The third-order valence-corrected chi connectivity index (χ3v) is 5.10. The molecule has 5 heteroatoms. The Hall–Kier alpha value is -0.940. The quantitative estimate of drug-likeness (QED) is 0.930. The van der Waals surface area contributed by atoms with Gasteiger partial charge in [0.2, 0.25) is 5.91 Å². The number of aliphatic hydroxyl groups is 1. The van der Waals surface area contributed by atoms with Crippen molar-refractivity contribution in [2.75, 3.05) is 13.1 Å². The maximum absolute atomic E-state index is 12.3. The van der Waals surface area contributed by atoms with E-state index in [4.69, 9.17) is 0 Å². The Labute approximate surface area is 124 Å². The van der Waals surface area contributed by atoms with Gasteiger partial charge in [0.05, 0.1) is 23.2 Å². The Morgan fingerprint density at radius 1 is 1.60 bits per heavy atom. The van der Waals surface area contributed by atoms with Crippen molar-refractivity contribution >= 4 is 17.2 Å². The summed E-state index contributed by atoms with van der Waals surface area (Å²) in [6, 6.07) is 0. The molecule has 0 spiro atoms. The first kappa shape index (κ1) is 15.4. The molecule has 112 valence electrons. The predicted octanol–water partition coefficient (Wildman–Crippen LogP) is 2.21. The third kappa shape index (κ3) is 3.58. The van der Waals surface area contributed by atoms with Gasteiger partial charge in [-0.05, 0) is 13.3 Å². The maximum atomic E-state index is 12.3. The lowest BCUT2D eigenvalue weighted by Crippen LogP contribution is -2.31. The minimum Gasteiger partial charge on any atom is -0.393 e. The van der Waals surface area contributed by atoms with Crippen molar-refractivity contribution in [2.24, 2.45) is 5.92 Å². The highest BCUT2D eigenvalue weighted by molar-refractivity contribution is 7.09. The third-order valence-electron chi connectivity index (χ3n) is 3.79. The summed E-state index contributed by atoms with van der Waals surface area (Å²) in [5, 5.41) is 12.6. The molecule has 1 N–H and O–H groups in total. The molecule has 2 atom stereocenters. The van der Waals surface area contributed by atoms with Crippen LogP contribution < -0.4 is 0 Å². The first-order valence-electron chi connectivity index (χ1n) is 7.18. The van der Waals surface area contributed by atoms with Gasteiger partial charge in [-0.2, -0.15) is 0 Å². The van der Waals surface area contributed by atoms with Crippen molar-refractivity contribution in [3.05, 3.63) is 16.1 Å². The summed E-state index contributed by atoms with van der Waals surface area (Å²) in [5.41, 5.74) is 0.905. The van der Waals surface area contributed by atoms with Gasteiger partial charge >= 0.3 is 0 Å². The van der Waals surface area contributed by atoms with E-state index in [0.29, 0.717) is 13.0 Å². The number of hydrogen-bond acceptors (Lipinski definition) is 4. The molecule has 1 amide bonds. The van der Waals surface area contributed by atoms with Crippen LogP contribution in [0.1, 0.15) is 44.8 Å². The van der Waals surface area contributed by atoms with E-state index in [0.717, 1.165) is 23.7 Å². The number of likely N-dealkylation sites (tertiary alicyclic amines) is 1. The van der Waals surface area contributed by atoms with Crippen molar-refractivity contribution in [2.45, 2.75) is 52.1 Å². The Morgan fingerprint density at radius 3 is 2.80 bits per heavy atom. The monoisotopic (exact) mass is 296 g/mol. The molecular formula is C15H24N2O2S. The van der Waals surface area contributed by atoms with Gasteiger partial charge in [-0.25, -0.2) is 4.98 Å². The van der Waals surface area contributed by atoms with Crippen LogP contribution in [0, 0.1) is 5.92 Å². The van der Waals surface area contributed by atoms with E-state index >= 15 is 0 Å². The zero-order chi connectivity index (χ0) is 14.9. The van der Waals surface area contributed by atoms with E-state index in [2.05, 4.69) is 25.8 Å². The summed E-state index contributed by atoms with van der Waals surface area (Å²) in [6.45, 7) is 9.62. The highest BCUT2D eigenvalue weighted by atomic mass is 32.1. The summed E-state index contributed by atoms with van der Waals surface area (Å²) in [5.74, 6) is 0.346. The minimum absolute atomic E-state index is 0.0387. The normalized spacial score (nSPS) is 21.2. The molecule has 0 saturated carbocycles. The number of amides is 1. The average molecular weight is 296 g/mol. The standard InChI is InChI=1S/C15H24N2O2S/c1-10(18)11-5-6-17(8-11)13(19)7-12-9-20-14(16-12)15(2,3)4/h9-11,18H,5-8H2,1-4H3. The lowest BCUT2D eigenvalue weighted by molar-refractivity contribution is -0.129. The van der Waals surface area contributed by atoms with Crippen LogP contribution in [-0.4, -0.2) is 40.1 Å².